The summed E-state index contributed by atoms with van der Waals surface area (Å²) in [4.78, 5) is 0. The maximum absolute atomic E-state index is 6.95. The van der Waals surface area contributed by atoms with E-state index in [2.05, 4.69) is 76.2 Å². The van der Waals surface area contributed by atoms with Gasteiger partial charge in [0.05, 0.1) is 5.16 Å². The molecule has 2 aromatic carbocycles. The van der Waals surface area contributed by atoms with Gasteiger partial charge in [-0.25, -0.2) is 4.74 Å². The topological polar surface area (TPSA) is 30.8 Å². The molecule has 4 heteroatoms. The van der Waals surface area contributed by atoms with Crippen LogP contribution in [0, 0.1) is 0 Å². The molecule has 182 valence electrons. The Hall–Kier alpha value is -1.73. The van der Waals surface area contributed by atoms with Crippen LogP contribution in [0.3, 0.4) is 0 Å². The Labute approximate surface area is 202 Å². The Morgan fingerprint density at radius 1 is 0.727 bits per heavy atom. The minimum atomic E-state index is -2.61. The molecule has 0 N–H and O–H groups in total. The number of nitrogens with zero attached hydrogens (tertiary/aromatic N) is 1. The second-order valence-corrected chi connectivity index (χ2v) is 12.9. The van der Waals surface area contributed by atoms with E-state index in [1.807, 2.05) is 0 Å². The van der Waals surface area contributed by atoms with Crippen LogP contribution in [0.25, 0.3) is 0 Å². The third-order valence-corrected chi connectivity index (χ3v) is 9.94. The molecule has 0 fully saturated rings. The lowest BCUT2D eigenvalue weighted by atomic mass is 10.0. The number of hydrogen-bond donors (Lipinski definition) is 0. The van der Waals surface area contributed by atoms with E-state index in [1.165, 1.54) is 62.5 Å². The third kappa shape index (κ3) is 6.89. The highest BCUT2D eigenvalue weighted by atomic mass is 31.2. The summed E-state index contributed by atoms with van der Waals surface area (Å²) in [5.74, 6) is 1.88. The van der Waals surface area contributed by atoms with Gasteiger partial charge in [-0.3, -0.25) is 0 Å². The molecule has 1 aliphatic heterocycles. The maximum Gasteiger partial charge on any atom is 0.320 e. The summed E-state index contributed by atoms with van der Waals surface area (Å²) in [7, 11) is -2.61. The van der Waals surface area contributed by atoms with Gasteiger partial charge in [-0.2, -0.15) is 0 Å². The predicted molar refractivity (Wildman–Crippen MR) is 143 cm³/mol. The normalized spacial score (nSPS) is 14.8. The number of para-hydroxylation sites is 2. The molecule has 0 aliphatic carbocycles. The monoisotopic (exact) mass is 469 g/mol. The first-order valence-electron chi connectivity index (χ1n) is 13.1. The summed E-state index contributed by atoms with van der Waals surface area (Å²) in [6.07, 6.45) is 13.0. The minimum absolute atomic E-state index is 0.165. The van der Waals surface area contributed by atoms with Crippen LogP contribution >= 0.6 is 7.51 Å². The van der Waals surface area contributed by atoms with Crippen LogP contribution in [0.5, 0.6) is 11.5 Å². The van der Waals surface area contributed by atoms with Crippen molar-refractivity contribution in [2.75, 3.05) is 6.54 Å². The molecule has 0 bridgehead atoms. The molecule has 0 atom stereocenters. The van der Waals surface area contributed by atoms with Crippen LogP contribution in [-0.4, -0.2) is 11.7 Å². The van der Waals surface area contributed by atoms with Gasteiger partial charge in [-0.1, -0.05) is 102 Å². The fourth-order valence-electron chi connectivity index (χ4n) is 4.51. The first-order chi connectivity index (χ1) is 16.0. The van der Waals surface area contributed by atoms with Gasteiger partial charge in [-0.15, -0.1) is 0 Å². The van der Waals surface area contributed by atoms with Gasteiger partial charge in [-0.05, 0) is 49.9 Å². The maximum atomic E-state index is 6.95. The molecule has 1 aliphatic rings. The van der Waals surface area contributed by atoms with E-state index in [4.69, 9.17) is 13.8 Å². The molecule has 3 rings (SSSR count). The van der Waals surface area contributed by atoms with Gasteiger partial charge in [0.1, 0.15) is 11.5 Å². The number of rotatable bonds is 12. The Morgan fingerprint density at radius 3 is 1.82 bits per heavy atom. The van der Waals surface area contributed by atoms with Crippen LogP contribution in [-0.2, 0) is 6.42 Å². The van der Waals surface area contributed by atoms with Gasteiger partial charge in [0.25, 0.3) is 0 Å². The third-order valence-electron chi connectivity index (χ3n) is 6.73. The van der Waals surface area contributed by atoms with E-state index in [0.29, 0.717) is 0 Å². The molecule has 0 spiro atoms. The van der Waals surface area contributed by atoms with Crippen molar-refractivity contribution in [2.45, 2.75) is 103 Å². The summed E-state index contributed by atoms with van der Waals surface area (Å²) in [6, 6.07) is 16.9. The fraction of sp³-hybridized carbons (Fsp3) is 0.586. The van der Waals surface area contributed by atoms with Crippen molar-refractivity contribution < 1.29 is 9.05 Å². The molecular weight excluding hydrogens is 425 g/mol. The number of benzene rings is 2. The van der Waals surface area contributed by atoms with E-state index in [1.54, 1.807) is 0 Å². The first kappa shape index (κ1) is 25.9. The van der Waals surface area contributed by atoms with E-state index < -0.39 is 7.51 Å². The first-order valence-corrected chi connectivity index (χ1v) is 14.7. The molecule has 0 saturated heterocycles. The zero-order valence-corrected chi connectivity index (χ0v) is 22.2. The summed E-state index contributed by atoms with van der Waals surface area (Å²) < 4.78 is 19.3. The van der Waals surface area contributed by atoms with Crippen LogP contribution in [0.4, 0.5) is 0 Å². The highest BCUT2D eigenvalue weighted by Gasteiger charge is 2.44. The molecular formula is C29H44NO2P. The molecule has 0 saturated carbocycles. The van der Waals surface area contributed by atoms with Crippen molar-refractivity contribution >= 4 is 7.51 Å². The molecule has 3 nitrogen and oxygen atoms in total. The minimum Gasteiger partial charge on any atom is -0.429 e. The van der Waals surface area contributed by atoms with Gasteiger partial charge in [0, 0.05) is 13.0 Å². The van der Waals surface area contributed by atoms with Crippen molar-refractivity contribution in [3.63, 3.8) is 0 Å². The van der Waals surface area contributed by atoms with Gasteiger partial charge in [0.2, 0.25) is 0 Å². The Balaban J connectivity index is 2.00. The Kier molecular flexibility index (Phi) is 9.93. The second kappa shape index (κ2) is 12.7. The zero-order valence-electron chi connectivity index (χ0n) is 21.3. The number of unbranched alkanes of at least 4 members (excludes halogenated alkanes) is 7. The van der Waals surface area contributed by atoms with Gasteiger partial charge >= 0.3 is 7.51 Å². The molecule has 2 aromatic rings. The van der Waals surface area contributed by atoms with Crippen molar-refractivity contribution in [3.8, 4) is 11.5 Å². The highest BCUT2D eigenvalue weighted by Crippen LogP contribution is 2.65. The van der Waals surface area contributed by atoms with E-state index in [9.17, 15) is 0 Å². The highest BCUT2D eigenvalue weighted by molar-refractivity contribution is 7.59. The van der Waals surface area contributed by atoms with Crippen molar-refractivity contribution in [3.05, 3.63) is 59.7 Å². The van der Waals surface area contributed by atoms with E-state index >= 15 is 0 Å². The SMILES string of the molecule is CCCCCCCN=P1(C(C)(C)CCCCCC)Oc2ccccc2Cc2ccccc2O1. The standard InChI is InChI=1S/C29H44NO2P/c1-5-7-9-11-17-23-30-33(29(3,4)22-16-10-8-6-2)31-27-20-14-12-18-25(27)24-26-19-13-15-21-28(26)32-33/h12-15,18-21H,5-11,16-17,22-24H2,1-4H3. The fourth-order valence-corrected chi connectivity index (χ4v) is 7.27. The summed E-state index contributed by atoms with van der Waals surface area (Å²) in [5.41, 5.74) is 2.44. The average molecular weight is 470 g/mol. The van der Waals surface area contributed by atoms with Crippen LogP contribution in [0.15, 0.2) is 53.3 Å². The lowest BCUT2D eigenvalue weighted by Crippen LogP contribution is -2.28. The van der Waals surface area contributed by atoms with E-state index in [0.717, 1.165) is 37.3 Å². The van der Waals surface area contributed by atoms with Crippen LogP contribution in [0.2, 0.25) is 0 Å². The lowest BCUT2D eigenvalue weighted by molar-refractivity contribution is 0.402. The van der Waals surface area contributed by atoms with Crippen molar-refractivity contribution in [2.24, 2.45) is 4.74 Å². The van der Waals surface area contributed by atoms with Crippen LogP contribution < -0.4 is 9.05 Å². The Morgan fingerprint density at radius 2 is 1.24 bits per heavy atom. The second-order valence-electron chi connectivity index (χ2n) is 10.00. The molecule has 0 amide bonds. The summed E-state index contributed by atoms with van der Waals surface area (Å²) >= 11 is 0. The summed E-state index contributed by atoms with van der Waals surface area (Å²) in [5, 5.41) is -0.165. The molecule has 0 unspecified atom stereocenters. The largest absolute Gasteiger partial charge is 0.429 e. The number of hydrogen-bond acceptors (Lipinski definition) is 3. The zero-order chi connectivity index (χ0) is 23.6. The number of fused-ring (bicyclic) bond motifs is 2. The van der Waals surface area contributed by atoms with Crippen molar-refractivity contribution in [1.29, 1.82) is 0 Å². The van der Waals surface area contributed by atoms with Gasteiger partial charge in [0.15, 0.2) is 0 Å². The quantitative estimate of drug-likeness (QED) is 0.229. The Bertz CT molecular complexity index is 870. The van der Waals surface area contributed by atoms with E-state index in [-0.39, 0.29) is 5.16 Å². The molecule has 1 heterocycles. The van der Waals surface area contributed by atoms with Crippen molar-refractivity contribution in [1.82, 2.24) is 0 Å². The molecule has 33 heavy (non-hydrogen) atoms. The molecule has 0 aromatic heterocycles. The predicted octanol–water partition coefficient (Wildman–Crippen LogP) is 9.80. The van der Waals surface area contributed by atoms with Crippen LogP contribution in [0.1, 0.15) is 103 Å². The van der Waals surface area contributed by atoms with Gasteiger partial charge < -0.3 is 9.05 Å². The smallest absolute Gasteiger partial charge is 0.320 e. The average Bonchev–Trinajstić information content (AvgIpc) is 2.80. The molecule has 0 radical (unpaired) electrons. The summed E-state index contributed by atoms with van der Waals surface area (Å²) in [6.45, 7) is 9.97. The lowest BCUT2D eigenvalue weighted by Gasteiger charge is -2.40.